The molecule has 0 atom stereocenters. The van der Waals surface area contributed by atoms with Crippen molar-refractivity contribution in [3.05, 3.63) is 53.6 Å². The van der Waals surface area contributed by atoms with E-state index in [0.717, 1.165) is 17.7 Å². The molecule has 2 aromatic rings. The van der Waals surface area contributed by atoms with Gasteiger partial charge >= 0.3 is 0 Å². The number of carbonyl (C=O) groups excluding carboxylic acids is 2. The fourth-order valence-corrected chi connectivity index (χ4v) is 2.75. The van der Waals surface area contributed by atoms with Crippen LogP contribution in [0.3, 0.4) is 0 Å². The van der Waals surface area contributed by atoms with E-state index in [1.807, 2.05) is 38.1 Å². The van der Waals surface area contributed by atoms with Gasteiger partial charge in [0.1, 0.15) is 18.0 Å². The Kier molecular flexibility index (Phi) is 7.23. The van der Waals surface area contributed by atoms with Crippen LogP contribution in [0.2, 0.25) is 0 Å². The summed E-state index contributed by atoms with van der Waals surface area (Å²) in [6.07, 6.45) is 0.732. The first kappa shape index (κ1) is 20.3. The topological polar surface area (TPSA) is 67.9 Å². The van der Waals surface area contributed by atoms with Gasteiger partial charge in [0.05, 0.1) is 19.8 Å². The molecule has 2 amide bonds. The summed E-state index contributed by atoms with van der Waals surface area (Å²) >= 11 is 0. The lowest BCUT2D eigenvalue weighted by molar-refractivity contribution is -0.116. The molecule has 27 heavy (non-hydrogen) atoms. The highest BCUT2D eigenvalue weighted by atomic mass is 16.5. The summed E-state index contributed by atoms with van der Waals surface area (Å²) in [7, 11) is 3.04. The van der Waals surface area contributed by atoms with E-state index in [1.165, 1.54) is 19.1 Å². The molecule has 6 nitrogen and oxygen atoms in total. The molecule has 0 aliphatic carbocycles. The molecule has 0 aromatic heterocycles. The molecule has 0 saturated carbocycles. The second-order valence-corrected chi connectivity index (χ2v) is 6.16. The van der Waals surface area contributed by atoms with Gasteiger partial charge in [-0.05, 0) is 43.2 Å². The van der Waals surface area contributed by atoms with Gasteiger partial charge < -0.3 is 19.7 Å². The van der Waals surface area contributed by atoms with E-state index in [9.17, 15) is 9.59 Å². The van der Waals surface area contributed by atoms with Crippen LogP contribution in [-0.2, 0) is 4.79 Å². The first-order valence-electron chi connectivity index (χ1n) is 8.87. The third-order valence-electron chi connectivity index (χ3n) is 4.17. The van der Waals surface area contributed by atoms with Gasteiger partial charge in [0.15, 0.2) is 0 Å². The molecule has 0 aliphatic rings. The lowest BCUT2D eigenvalue weighted by Crippen LogP contribution is -2.38. The number of rotatable bonds is 8. The van der Waals surface area contributed by atoms with E-state index in [1.54, 1.807) is 18.2 Å². The van der Waals surface area contributed by atoms with E-state index in [0.29, 0.717) is 23.6 Å². The Labute approximate surface area is 160 Å². The number of nitrogens with one attached hydrogen (secondary N) is 1. The molecule has 2 rings (SSSR count). The molecule has 0 aliphatic heterocycles. The Morgan fingerprint density at radius 3 is 2.44 bits per heavy atom. The highest BCUT2D eigenvalue weighted by Crippen LogP contribution is 2.25. The van der Waals surface area contributed by atoms with E-state index in [-0.39, 0.29) is 18.4 Å². The average Bonchev–Trinajstić information content (AvgIpc) is 2.68. The van der Waals surface area contributed by atoms with Crippen LogP contribution in [-0.4, -0.2) is 44.0 Å². The summed E-state index contributed by atoms with van der Waals surface area (Å²) in [4.78, 5) is 27.1. The standard InChI is InChI=1S/C21H26N2O4/c1-5-12-23(14-20(24)22-18-9-7-6-8-15(18)2)21(25)17-13-16(26-3)10-11-19(17)27-4/h6-11,13H,5,12,14H2,1-4H3,(H,22,24). The van der Waals surface area contributed by atoms with Gasteiger partial charge in [-0.3, -0.25) is 9.59 Å². The third-order valence-corrected chi connectivity index (χ3v) is 4.17. The number of carbonyl (C=O) groups is 2. The maximum Gasteiger partial charge on any atom is 0.258 e. The summed E-state index contributed by atoms with van der Waals surface area (Å²) in [5, 5.41) is 2.87. The zero-order valence-corrected chi connectivity index (χ0v) is 16.2. The van der Waals surface area contributed by atoms with E-state index in [4.69, 9.17) is 9.47 Å². The molecule has 0 bridgehead atoms. The Balaban J connectivity index is 2.20. The summed E-state index contributed by atoms with van der Waals surface area (Å²) in [6.45, 7) is 4.30. The smallest absolute Gasteiger partial charge is 0.258 e. The average molecular weight is 370 g/mol. The van der Waals surface area contributed by atoms with Gasteiger partial charge in [0.25, 0.3) is 5.91 Å². The van der Waals surface area contributed by atoms with Crippen LogP contribution in [0.25, 0.3) is 0 Å². The van der Waals surface area contributed by atoms with Crippen molar-refractivity contribution in [2.24, 2.45) is 0 Å². The number of para-hydroxylation sites is 1. The number of anilines is 1. The number of nitrogens with zero attached hydrogens (tertiary/aromatic N) is 1. The summed E-state index contributed by atoms with van der Waals surface area (Å²) in [5.41, 5.74) is 2.08. The predicted octanol–water partition coefficient (Wildman–Crippen LogP) is 3.50. The molecular formula is C21H26N2O4. The first-order valence-corrected chi connectivity index (χ1v) is 8.87. The third kappa shape index (κ3) is 5.23. The zero-order valence-electron chi connectivity index (χ0n) is 16.2. The molecule has 0 radical (unpaired) electrons. The Bertz CT molecular complexity index is 805. The molecule has 0 fully saturated rings. The lowest BCUT2D eigenvalue weighted by atomic mass is 10.1. The SMILES string of the molecule is CCCN(CC(=O)Nc1ccccc1C)C(=O)c1cc(OC)ccc1OC. The fourth-order valence-electron chi connectivity index (χ4n) is 2.75. The second-order valence-electron chi connectivity index (χ2n) is 6.16. The highest BCUT2D eigenvalue weighted by molar-refractivity contribution is 6.01. The summed E-state index contributed by atoms with van der Waals surface area (Å²) in [6, 6.07) is 12.6. The van der Waals surface area contributed by atoms with Crippen LogP contribution in [0.15, 0.2) is 42.5 Å². The first-order chi connectivity index (χ1) is 13.0. The second kappa shape index (κ2) is 9.62. The van der Waals surface area contributed by atoms with E-state index >= 15 is 0 Å². The number of amides is 2. The molecule has 6 heteroatoms. The van der Waals surface area contributed by atoms with E-state index < -0.39 is 0 Å². The van der Waals surface area contributed by atoms with Gasteiger partial charge in [-0.2, -0.15) is 0 Å². The predicted molar refractivity (Wildman–Crippen MR) is 106 cm³/mol. The normalized spacial score (nSPS) is 10.2. The summed E-state index contributed by atoms with van der Waals surface area (Å²) < 4.78 is 10.5. The van der Waals surface area contributed by atoms with Crippen LogP contribution in [0.1, 0.15) is 29.3 Å². The van der Waals surface area contributed by atoms with Gasteiger partial charge in [0.2, 0.25) is 5.91 Å². The van der Waals surface area contributed by atoms with Crippen molar-refractivity contribution in [3.8, 4) is 11.5 Å². The Morgan fingerprint density at radius 1 is 1.07 bits per heavy atom. The molecule has 0 unspecified atom stereocenters. The number of hydrogen-bond donors (Lipinski definition) is 1. The quantitative estimate of drug-likeness (QED) is 0.772. The zero-order chi connectivity index (χ0) is 19.8. The Morgan fingerprint density at radius 2 is 1.81 bits per heavy atom. The minimum Gasteiger partial charge on any atom is -0.497 e. The fraction of sp³-hybridized carbons (Fsp3) is 0.333. The van der Waals surface area contributed by atoms with Crippen molar-refractivity contribution in [1.29, 1.82) is 0 Å². The van der Waals surface area contributed by atoms with Crippen LogP contribution in [0.4, 0.5) is 5.69 Å². The van der Waals surface area contributed by atoms with Crippen LogP contribution in [0.5, 0.6) is 11.5 Å². The van der Waals surface area contributed by atoms with Crippen LogP contribution < -0.4 is 14.8 Å². The highest BCUT2D eigenvalue weighted by Gasteiger charge is 2.22. The minimum atomic E-state index is -0.271. The number of ether oxygens (including phenoxy) is 2. The van der Waals surface area contributed by atoms with Gasteiger partial charge in [-0.25, -0.2) is 0 Å². The van der Waals surface area contributed by atoms with Gasteiger partial charge in [-0.15, -0.1) is 0 Å². The van der Waals surface area contributed by atoms with Gasteiger partial charge in [0, 0.05) is 12.2 Å². The number of benzene rings is 2. The van der Waals surface area contributed by atoms with Crippen molar-refractivity contribution in [2.75, 3.05) is 32.6 Å². The Hall–Kier alpha value is -3.02. The van der Waals surface area contributed by atoms with Crippen molar-refractivity contribution < 1.29 is 19.1 Å². The van der Waals surface area contributed by atoms with Crippen molar-refractivity contribution >= 4 is 17.5 Å². The monoisotopic (exact) mass is 370 g/mol. The van der Waals surface area contributed by atoms with Crippen molar-refractivity contribution in [3.63, 3.8) is 0 Å². The molecule has 2 aromatic carbocycles. The molecule has 1 N–H and O–H groups in total. The summed E-state index contributed by atoms with van der Waals surface area (Å²) in [5.74, 6) is 0.488. The van der Waals surface area contributed by atoms with Gasteiger partial charge in [-0.1, -0.05) is 25.1 Å². The molecule has 0 heterocycles. The molecule has 144 valence electrons. The number of hydrogen-bond acceptors (Lipinski definition) is 4. The molecule has 0 spiro atoms. The molecule has 0 saturated heterocycles. The van der Waals surface area contributed by atoms with Crippen molar-refractivity contribution in [2.45, 2.75) is 20.3 Å². The van der Waals surface area contributed by atoms with E-state index in [2.05, 4.69) is 5.32 Å². The maximum absolute atomic E-state index is 13.0. The lowest BCUT2D eigenvalue weighted by Gasteiger charge is -2.23. The number of methoxy groups -OCH3 is 2. The maximum atomic E-state index is 13.0. The van der Waals surface area contributed by atoms with Crippen LogP contribution >= 0.6 is 0 Å². The van der Waals surface area contributed by atoms with Crippen molar-refractivity contribution in [1.82, 2.24) is 4.90 Å². The molecular weight excluding hydrogens is 344 g/mol. The number of aryl methyl sites for hydroxylation is 1. The minimum absolute atomic E-state index is 0.0403. The van der Waals surface area contributed by atoms with Crippen LogP contribution in [0, 0.1) is 6.92 Å². The largest absolute Gasteiger partial charge is 0.497 e.